The first-order chi connectivity index (χ1) is 12.2. The number of hydrazine groups is 1. The predicted octanol–water partition coefficient (Wildman–Crippen LogP) is -0.669. The standard InChI is InChI=1S/C15H26N10O/c1-15(2,3)14-18-12(24-6-5-9(26)7-24)11(16)13(19-14)25(17)8-10-20-21-22-23(10)4/h9,26H,5-8,16-17H2,1-4H3. The highest BCUT2D eigenvalue weighted by molar-refractivity contribution is 5.76. The Hall–Kier alpha value is -2.53. The zero-order chi connectivity index (χ0) is 19.1. The lowest BCUT2D eigenvalue weighted by molar-refractivity contribution is 0.198. The average Bonchev–Trinajstić information content (AvgIpc) is 3.15. The Labute approximate surface area is 152 Å². The van der Waals surface area contributed by atoms with E-state index in [-0.39, 0.29) is 18.1 Å². The highest BCUT2D eigenvalue weighted by atomic mass is 16.3. The number of nitrogens with two attached hydrogens (primary N) is 2. The van der Waals surface area contributed by atoms with Crippen LogP contribution in [0.5, 0.6) is 0 Å². The van der Waals surface area contributed by atoms with Gasteiger partial charge in [-0.05, 0) is 16.8 Å². The number of hydrogen-bond donors (Lipinski definition) is 3. The molecular formula is C15H26N10O. The van der Waals surface area contributed by atoms with Gasteiger partial charge in [-0.2, -0.15) is 0 Å². The van der Waals surface area contributed by atoms with E-state index >= 15 is 0 Å². The van der Waals surface area contributed by atoms with Crippen LogP contribution in [-0.4, -0.2) is 54.5 Å². The Kier molecular flexibility index (Phi) is 4.67. The maximum atomic E-state index is 9.88. The third kappa shape index (κ3) is 3.53. The van der Waals surface area contributed by atoms with Crippen LogP contribution in [0.3, 0.4) is 0 Å². The number of rotatable bonds is 4. The van der Waals surface area contributed by atoms with E-state index in [2.05, 4.69) is 25.5 Å². The van der Waals surface area contributed by atoms with Gasteiger partial charge in [0.15, 0.2) is 17.5 Å². The summed E-state index contributed by atoms with van der Waals surface area (Å²) in [7, 11) is 1.74. The number of aliphatic hydroxyl groups excluding tert-OH is 1. The van der Waals surface area contributed by atoms with Gasteiger partial charge in [-0.3, -0.25) is 5.01 Å². The molecule has 0 radical (unpaired) electrons. The minimum atomic E-state index is -0.385. The molecule has 1 atom stereocenters. The van der Waals surface area contributed by atoms with Crippen LogP contribution in [0.1, 0.15) is 38.8 Å². The Morgan fingerprint density at radius 2 is 2.04 bits per heavy atom. The van der Waals surface area contributed by atoms with Crippen molar-refractivity contribution in [1.82, 2.24) is 30.2 Å². The highest BCUT2D eigenvalue weighted by Gasteiger charge is 2.29. The average molecular weight is 362 g/mol. The van der Waals surface area contributed by atoms with E-state index in [1.54, 1.807) is 11.7 Å². The lowest BCUT2D eigenvalue weighted by Crippen LogP contribution is -2.35. The van der Waals surface area contributed by atoms with E-state index in [4.69, 9.17) is 11.6 Å². The first kappa shape index (κ1) is 18.3. The summed E-state index contributed by atoms with van der Waals surface area (Å²) < 4.78 is 1.54. The van der Waals surface area contributed by atoms with Gasteiger partial charge in [-0.1, -0.05) is 20.8 Å². The Bertz CT molecular complexity index is 783. The second-order valence-electron chi connectivity index (χ2n) is 7.59. The number of aliphatic hydroxyl groups is 1. The van der Waals surface area contributed by atoms with Crippen LogP contribution >= 0.6 is 0 Å². The number of nitrogen functional groups attached to an aromatic ring is 1. The zero-order valence-corrected chi connectivity index (χ0v) is 15.6. The van der Waals surface area contributed by atoms with Crippen LogP contribution in [0.15, 0.2) is 0 Å². The zero-order valence-electron chi connectivity index (χ0n) is 15.6. The SMILES string of the molecule is Cn1nnnc1CN(N)c1nc(C(C)(C)C)nc(N2CCC(O)C2)c1N. The number of aryl methyl sites for hydroxylation is 1. The smallest absolute Gasteiger partial charge is 0.172 e. The van der Waals surface area contributed by atoms with E-state index in [0.29, 0.717) is 48.5 Å². The van der Waals surface area contributed by atoms with Crippen LogP contribution in [-0.2, 0) is 19.0 Å². The Morgan fingerprint density at radius 3 is 2.58 bits per heavy atom. The van der Waals surface area contributed by atoms with E-state index < -0.39 is 0 Å². The number of anilines is 3. The lowest BCUT2D eigenvalue weighted by Gasteiger charge is -2.27. The van der Waals surface area contributed by atoms with Gasteiger partial charge in [0.25, 0.3) is 0 Å². The number of β-amino-alcohol motifs (C(OH)–C–C–N with tert-alkyl or cyclic N) is 1. The summed E-state index contributed by atoms with van der Waals surface area (Å²) >= 11 is 0. The van der Waals surface area contributed by atoms with Crippen LogP contribution < -0.4 is 21.5 Å². The minimum Gasteiger partial charge on any atom is -0.393 e. The molecule has 1 fully saturated rings. The summed E-state index contributed by atoms with van der Waals surface area (Å²) in [6, 6.07) is 0. The van der Waals surface area contributed by atoms with Gasteiger partial charge in [0.1, 0.15) is 11.5 Å². The van der Waals surface area contributed by atoms with Crippen LogP contribution in [0, 0.1) is 0 Å². The van der Waals surface area contributed by atoms with Crippen molar-refractivity contribution in [2.24, 2.45) is 12.9 Å². The van der Waals surface area contributed by atoms with Gasteiger partial charge >= 0.3 is 0 Å². The summed E-state index contributed by atoms with van der Waals surface area (Å²) in [5.41, 5.74) is 6.45. The number of nitrogens with zero attached hydrogens (tertiary/aromatic N) is 8. The molecule has 142 valence electrons. The monoisotopic (exact) mass is 362 g/mol. The summed E-state index contributed by atoms with van der Waals surface area (Å²) in [5.74, 6) is 8.48. The Morgan fingerprint density at radius 1 is 1.31 bits per heavy atom. The number of tetrazole rings is 1. The lowest BCUT2D eigenvalue weighted by atomic mass is 9.95. The van der Waals surface area contributed by atoms with Gasteiger partial charge in [0.2, 0.25) is 0 Å². The third-order valence-corrected chi connectivity index (χ3v) is 4.33. The van der Waals surface area contributed by atoms with E-state index in [1.165, 1.54) is 5.01 Å². The molecule has 0 bridgehead atoms. The number of aromatic nitrogens is 6. The van der Waals surface area contributed by atoms with Crippen molar-refractivity contribution >= 4 is 17.3 Å². The maximum Gasteiger partial charge on any atom is 0.172 e. The fraction of sp³-hybridized carbons (Fsp3) is 0.667. The van der Waals surface area contributed by atoms with Gasteiger partial charge in [-0.25, -0.2) is 20.5 Å². The van der Waals surface area contributed by atoms with Crippen molar-refractivity contribution in [2.45, 2.75) is 45.3 Å². The molecule has 2 aromatic heterocycles. The molecule has 0 saturated carbocycles. The van der Waals surface area contributed by atoms with Crippen molar-refractivity contribution in [1.29, 1.82) is 0 Å². The van der Waals surface area contributed by atoms with E-state index in [1.807, 2.05) is 25.7 Å². The first-order valence-corrected chi connectivity index (χ1v) is 8.51. The molecule has 5 N–H and O–H groups in total. The van der Waals surface area contributed by atoms with Gasteiger partial charge in [0.05, 0.1) is 12.6 Å². The molecule has 0 spiro atoms. The van der Waals surface area contributed by atoms with Crippen LogP contribution in [0.25, 0.3) is 0 Å². The van der Waals surface area contributed by atoms with Crippen molar-refractivity contribution < 1.29 is 5.11 Å². The molecular weight excluding hydrogens is 336 g/mol. The van der Waals surface area contributed by atoms with E-state index in [0.717, 1.165) is 0 Å². The van der Waals surface area contributed by atoms with Crippen LogP contribution in [0.4, 0.5) is 17.3 Å². The first-order valence-electron chi connectivity index (χ1n) is 8.51. The molecule has 1 unspecified atom stereocenters. The molecule has 2 aromatic rings. The largest absolute Gasteiger partial charge is 0.393 e. The second kappa shape index (κ2) is 6.65. The maximum absolute atomic E-state index is 9.88. The fourth-order valence-electron chi connectivity index (χ4n) is 2.78. The van der Waals surface area contributed by atoms with Gasteiger partial charge < -0.3 is 15.7 Å². The molecule has 11 nitrogen and oxygen atoms in total. The topological polar surface area (TPSA) is 148 Å². The molecule has 1 aliphatic heterocycles. The van der Waals surface area contributed by atoms with Crippen LogP contribution in [0.2, 0.25) is 0 Å². The molecule has 0 amide bonds. The molecule has 0 aromatic carbocycles. The molecule has 3 heterocycles. The summed E-state index contributed by atoms with van der Waals surface area (Å²) in [6.45, 7) is 7.50. The quantitative estimate of drug-likeness (QED) is 0.472. The number of hydrogen-bond acceptors (Lipinski definition) is 10. The molecule has 11 heteroatoms. The van der Waals surface area contributed by atoms with Gasteiger partial charge in [0, 0.05) is 25.6 Å². The van der Waals surface area contributed by atoms with Gasteiger partial charge in [-0.15, -0.1) is 5.10 Å². The normalized spacial score (nSPS) is 17.8. The molecule has 26 heavy (non-hydrogen) atoms. The van der Waals surface area contributed by atoms with Crippen molar-refractivity contribution in [2.75, 3.05) is 28.7 Å². The summed E-state index contributed by atoms with van der Waals surface area (Å²) in [5, 5.41) is 22.7. The van der Waals surface area contributed by atoms with Crippen molar-refractivity contribution in [3.63, 3.8) is 0 Å². The van der Waals surface area contributed by atoms with Crippen molar-refractivity contribution in [3.05, 3.63) is 11.6 Å². The second-order valence-corrected chi connectivity index (χ2v) is 7.59. The summed E-state index contributed by atoms with van der Waals surface area (Å²) in [4.78, 5) is 11.2. The minimum absolute atomic E-state index is 0.246. The predicted molar refractivity (Wildman–Crippen MR) is 97.1 cm³/mol. The van der Waals surface area contributed by atoms with E-state index in [9.17, 15) is 5.11 Å². The summed E-state index contributed by atoms with van der Waals surface area (Å²) in [6.07, 6.45) is 0.296. The fourth-order valence-corrected chi connectivity index (χ4v) is 2.78. The molecule has 3 rings (SSSR count). The molecule has 1 aliphatic rings. The Balaban J connectivity index is 2.01. The molecule has 0 aliphatic carbocycles. The highest BCUT2D eigenvalue weighted by Crippen LogP contribution is 2.34. The van der Waals surface area contributed by atoms with Crippen molar-refractivity contribution in [3.8, 4) is 0 Å². The molecule has 1 saturated heterocycles. The third-order valence-electron chi connectivity index (χ3n) is 4.33.